The van der Waals surface area contributed by atoms with E-state index in [0.717, 1.165) is 0 Å². The Bertz CT molecular complexity index is 980. The van der Waals surface area contributed by atoms with Crippen molar-refractivity contribution in [2.75, 3.05) is 6.54 Å². The Labute approximate surface area is 182 Å². The molecule has 0 radical (unpaired) electrons. The Kier molecular flexibility index (Phi) is 9.56. The van der Waals surface area contributed by atoms with Crippen LogP contribution < -0.4 is 22.3 Å². The SMILES string of the molecule is CC(C)Cn1c(=O)[nH]c(=O)c2c(C(=O)NC(C)(C)CN)cc(C(C)C)nc21.Cl.Cl. The largest absolute Gasteiger partial charge is 0.346 e. The first-order valence-corrected chi connectivity index (χ1v) is 9.17. The molecule has 0 saturated heterocycles. The molecule has 0 aliphatic rings. The third-order valence-electron chi connectivity index (χ3n) is 4.31. The summed E-state index contributed by atoms with van der Waals surface area (Å²) in [5.41, 5.74) is 5.01. The van der Waals surface area contributed by atoms with E-state index in [4.69, 9.17) is 5.73 Å². The summed E-state index contributed by atoms with van der Waals surface area (Å²) in [7, 11) is 0. The lowest BCUT2D eigenvalue weighted by Crippen LogP contribution is -2.49. The first-order valence-electron chi connectivity index (χ1n) is 9.17. The van der Waals surface area contributed by atoms with Crippen LogP contribution in [0.5, 0.6) is 0 Å². The number of hydrogen-bond acceptors (Lipinski definition) is 5. The highest BCUT2D eigenvalue weighted by molar-refractivity contribution is 6.05. The third kappa shape index (κ3) is 6.04. The fraction of sp³-hybridized carbons (Fsp3) is 0.579. The topological polar surface area (TPSA) is 123 Å². The van der Waals surface area contributed by atoms with Gasteiger partial charge in [-0.25, -0.2) is 9.78 Å². The van der Waals surface area contributed by atoms with Crippen molar-refractivity contribution < 1.29 is 4.79 Å². The number of amides is 1. The predicted molar refractivity (Wildman–Crippen MR) is 121 cm³/mol. The Morgan fingerprint density at radius 3 is 2.31 bits per heavy atom. The summed E-state index contributed by atoms with van der Waals surface area (Å²) in [6.07, 6.45) is 0. The van der Waals surface area contributed by atoms with Gasteiger partial charge in [-0.05, 0) is 31.7 Å². The first kappa shape index (κ1) is 27.1. The van der Waals surface area contributed by atoms with Gasteiger partial charge in [0.25, 0.3) is 11.5 Å². The van der Waals surface area contributed by atoms with Crippen molar-refractivity contribution >= 4 is 41.8 Å². The second kappa shape index (κ2) is 10.2. The lowest BCUT2D eigenvalue weighted by Gasteiger charge is -2.25. The fourth-order valence-corrected chi connectivity index (χ4v) is 2.73. The summed E-state index contributed by atoms with van der Waals surface area (Å²) in [4.78, 5) is 44.7. The summed E-state index contributed by atoms with van der Waals surface area (Å²) in [6, 6.07) is 1.62. The van der Waals surface area contributed by atoms with E-state index in [-0.39, 0.29) is 59.8 Å². The van der Waals surface area contributed by atoms with Crippen LogP contribution >= 0.6 is 24.8 Å². The number of carbonyl (C=O) groups is 1. The molecule has 2 heterocycles. The molecule has 8 nitrogen and oxygen atoms in total. The molecule has 2 aromatic heterocycles. The monoisotopic (exact) mass is 447 g/mol. The number of halogens is 2. The zero-order valence-corrected chi connectivity index (χ0v) is 19.3. The van der Waals surface area contributed by atoms with Gasteiger partial charge in [-0.2, -0.15) is 0 Å². The van der Waals surface area contributed by atoms with Crippen LogP contribution in [-0.2, 0) is 6.54 Å². The lowest BCUT2D eigenvalue weighted by atomic mass is 10.0. The van der Waals surface area contributed by atoms with Gasteiger partial charge < -0.3 is 11.1 Å². The first-order chi connectivity index (χ1) is 12.5. The molecule has 0 bridgehead atoms. The van der Waals surface area contributed by atoms with Crippen LogP contribution in [0.4, 0.5) is 0 Å². The van der Waals surface area contributed by atoms with Gasteiger partial charge in [-0.15, -0.1) is 24.8 Å². The van der Waals surface area contributed by atoms with Crippen LogP contribution in [0.3, 0.4) is 0 Å². The second-order valence-corrected chi connectivity index (χ2v) is 8.25. The number of nitrogens with zero attached hydrogens (tertiary/aromatic N) is 2. The second-order valence-electron chi connectivity index (χ2n) is 8.25. The van der Waals surface area contributed by atoms with Crippen molar-refractivity contribution in [2.24, 2.45) is 11.7 Å². The average molecular weight is 448 g/mol. The van der Waals surface area contributed by atoms with E-state index >= 15 is 0 Å². The number of aromatic nitrogens is 3. The van der Waals surface area contributed by atoms with Crippen molar-refractivity contribution in [3.05, 3.63) is 38.2 Å². The van der Waals surface area contributed by atoms with Crippen LogP contribution in [-0.4, -0.2) is 32.5 Å². The Morgan fingerprint density at radius 2 is 1.83 bits per heavy atom. The molecule has 0 aliphatic carbocycles. The smallest absolute Gasteiger partial charge is 0.330 e. The summed E-state index contributed by atoms with van der Waals surface area (Å²) in [5.74, 6) is -0.236. The number of hydrogen-bond donors (Lipinski definition) is 3. The van der Waals surface area contributed by atoms with Gasteiger partial charge in [0.15, 0.2) is 5.65 Å². The maximum atomic E-state index is 12.9. The number of H-pyrrole nitrogens is 1. The number of pyridine rings is 1. The van der Waals surface area contributed by atoms with Crippen LogP contribution in [0.2, 0.25) is 0 Å². The Balaban J connectivity index is 0.00000392. The van der Waals surface area contributed by atoms with E-state index in [0.29, 0.717) is 12.2 Å². The van der Waals surface area contributed by atoms with E-state index in [1.165, 1.54) is 4.57 Å². The maximum Gasteiger partial charge on any atom is 0.330 e. The molecule has 0 aromatic carbocycles. The molecule has 10 heteroatoms. The molecule has 0 aliphatic heterocycles. The molecule has 0 fully saturated rings. The number of rotatable bonds is 6. The van der Waals surface area contributed by atoms with Gasteiger partial charge >= 0.3 is 5.69 Å². The number of nitrogens with one attached hydrogen (secondary N) is 2. The Hall–Kier alpha value is -1.90. The molecule has 0 spiro atoms. The number of fused-ring (bicyclic) bond motifs is 1. The number of aromatic amines is 1. The summed E-state index contributed by atoms with van der Waals surface area (Å²) >= 11 is 0. The molecule has 0 saturated carbocycles. The van der Waals surface area contributed by atoms with Gasteiger partial charge in [0.05, 0.1) is 10.9 Å². The minimum atomic E-state index is -0.635. The van der Waals surface area contributed by atoms with Crippen molar-refractivity contribution in [1.29, 1.82) is 0 Å². The maximum absolute atomic E-state index is 12.9. The zero-order valence-electron chi connectivity index (χ0n) is 17.7. The quantitative estimate of drug-likeness (QED) is 0.625. The molecule has 29 heavy (non-hydrogen) atoms. The molecule has 0 unspecified atom stereocenters. The van der Waals surface area contributed by atoms with Crippen LogP contribution in [0, 0.1) is 5.92 Å². The molecular formula is C19H31Cl2N5O3. The van der Waals surface area contributed by atoms with Crippen LogP contribution in [0.1, 0.15) is 63.5 Å². The molecule has 2 aromatic rings. The number of carbonyl (C=O) groups excluding carboxylic acids is 1. The Morgan fingerprint density at radius 1 is 1.24 bits per heavy atom. The fourth-order valence-electron chi connectivity index (χ4n) is 2.73. The summed E-state index contributed by atoms with van der Waals surface area (Å²) < 4.78 is 1.43. The van der Waals surface area contributed by atoms with Crippen molar-refractivity contribution in [3.8, 4) is 0 Å². The van der Waals surface area contributed by atoms with E-state index in [1.54, 1.807) is 19.9 Å². The highest BCUT2D eigenvalue weighted by atomic mass is 35.5. The van der Waals surface area contributed by atoms with E-state index in [9.17, 15) is 14.4 Å². The molecule has 0 atom stereocenters. The van der Waals surface area contributed by atoms with Crippen molar-refractivity contribution in [1.82, 2.24) is 19.9 Å². The summed E-state index contributed by atoms with van der Waals surface area (Å²) in [5, 5.41) is 2.97. The predicted octanol–water partition coefficient (Wildman–Crippen LogP) is 2.17. The van der Waals surface area contributed by atoms with Crippen LogP contribution in [0.25, 0.3) is 11.0 Å². The molecular weight excluding hydrogens is 417 g/mol. The zero-order chi connectivity index (χ0) is 20.5. The van der Waals surface area contributed by atoms with Gasteiger partial charge in [-0.3, -0.25) is 19.1 Å². The van der Waals surface area contributed by atoms with Gasteiger partial charge in [0.2, 0.25) is 0 Å². The number of nitrogens with two attached hydrogens (primary N) is 1. The normalized spacial score (nSPS) is 11.3. The van der Waals surface area contributed by atoms with E-state index in [1.807, 2.05) is 27.7 Å². The minimum Gasteiger partial charge on any atom is -0.346 e. The molecule has 1 amide bonds. The standard InChI is InChI=1S/C19H29N5O3.2ClH/c1-10(2)8-24-15-14(17(26)22-18(24)27)12(7-13(21-15)11(3)4)16(25)23-19(5,6)9-20;;/h7,10-11H,8-9,20H2,1-6H3,(H,23,25)(H,22,26,27);2*1H. The molecule has 164 valence electrons. The van der Waals surface area contributed by atoms with Gasteiger partial charge in [-0.1, -0.05) is 27.7 Å². The highest BCUT2D eigenvalue weighted by Gasteiger charge is 2.24. The average Bonchev–Trinajstić information content (AvgIpc) is 2.56. The van der Waals surface area contributed by atoms with Crippen LogP contribution in [0.15, 0.2) is 15.7 Å². The van der Waals surface area contributed by atoms with Crippen molar-refractivity contribution in [2.45, 2.75) is 59.5 Å². The van der Waals surface area contributed by atoms with E-state index < -0.39 is 22.7 Å². The molecule has 2 rings (SSSR count). The van der Waals surface area contributed by atoms with E-state index in [2.05, 4.69) is 15.3 Å². The molecule has 4 N–H and O–H groups in total. The van der Waals surface area contributed by atoms with Crippen molar-refractivity contribution in [3.63, 3.8) is 0 Å². The third-order valence-corrected chi connectivity index (χ3v) is 4.31. The highest BCUT2D eigenvalue weighted by Crippen LogP contribution is 2.20. The summed E-state index contributed by atoms with van der Waals surface area (Å²) in [6.45, 7) is 12.0. The van der Waals surface area contributed by atoms with Gasteiger partial charge in [0.1, 0.15) is 0 Å². The lowest BCUT2D eigenvalue weighted by molar-refractivity contribution is 0.0917. The van der Waals surface area contributed by atoms with Gasteiger partial charge in [0, 0.05) is 24.3 Å². The minimum absolute atomic E-state index is 0.